The van der Waals surface area contributed by atoms with Crippen LogP contribution in [0.2, 0.25) is 0 Å². The Labute approximate surface area is 82.9 Å². The van der Waals surface area contributed by atoms with Crippen molar-refractivity contribution in [3.63, 3.8) is 0 Å². The van der Waals surface area contributed by atoms with E-state index in [-0.39, 0.29) is 12.5 Å². The van der Waals surface area contributed by atoms with Crippen molar-refractivity contribution in [2.24, 2.45) is 11.7 Å². The molecule has 5 heteroatoms. The van der Waals surface area contributed by atoms with Crippen LogP contribution in [0.15, 0.2) is 0 Å². The highest BCUT2D eigenvalue weighted by Crippen LogP contribution is 2.35. The molecule has 1 rings (SSSR count). The van der Waals surface area contributed by atoms with Crippen LogP contribution in [0.25, 0.3) is 0 Å². The molecule has 1 amide bonds. The highest BCUT2D eigenvalue weighted by Gasteiger charge is 2.39. The number of rotatable bonds is 6. The van der Waals surface area contributed by atoms with E-state index in [9.17, 15) is 9.59 Å². The first-order chi connectivity index (χ1) is 6.56. The van der Waals surface area contributed by atoms with E-state index in [4.69, 9.17) is 10.8 Å². The summed E-state index contributed by atoms with van der Waals surface area (Å²) in [5, 5.41) is 9.00. The van der Waals surface area contributed by atoms with Gasteiger partial charge in [-0.25, -0.2) is 0 Å². The van der Waals surface area contributed by atoms with E-state index in [0.717, 1.165) is 12.8 Å². The summed E-state index contributed by atoms with van der Waals surface area (Å²) in [7, 11) is 0. The lowest BCUT2D eigenvalue weighted by atomic mass is 10.1. The van der Waals surface area contributed by atoms with E-state index in [0.29, 0.717) is 6.54 Å². The smallest absolute Gasteiger partial charge is 0.321 e. The molecule has 1 atom stereocenters. The lowest BCUT2D eigenvalue weighted by Gasteiger charge is -2.25. The first kappa shape index (κ1) is 11.0. The molecule has 1 saturated carbocycles. The summed E-state index contributed by atoms with van der Waals surface area (Å²) in [4.78, 5) is 23.3. The summed E-state index contributed by atoms with van der Waals surface area (Å²) in [6.45, 7) is 2.40. The summed E-state index contributed by atoms with van der Waals surface area (Å²) < 4.78 is 0. The summed E-state index contributed by atoms with van der Waals surface area (Å²) in [5.74, 6) is -1.12. The first-order valence-corrected chi connectivity index (χ1v) is 4.81. The molecule has 14 heavy (non-hydrogen) atoms. The molecule has 0 bridgehead atoms. The molecule has 0 aromatic carbocycles. The number of aliphatic carboxylic acids is 1. The molecule has 1 unspecified atom stereocenters. The fraction of sp³-hybridized carbons (Fsp3) is 0.778. The highest BCUT2D eigenvalue weighted by atomic mass is 16.4. The monoisotopic (exact) mass is 200 g/mol. The Kier molecular flexibility index (Phi) is 3.46. The van der Waals surface area contributed by atoms with Crippen molar-refractivity contribution in [2.45, 2.75) is 25.8 Å². The number of nitrogens with two attached hydrogens (primary N) is 1. The maximum absolute atomic E-state index is 11.0. The number of nitrogens with zero attached hydrogens (tertiary/aromatic N) is 1. The normalized spacial score (nSPS) is 18.1. The summed E-state index contributed by atoms with van der Waals surface area (Å²) in [6, 6.07) is -0.535. The fourth-order valence-electron chi connectivity index (χ4n) is 1.67. The zero-order valence-electron chi connectivity index (χ0n) is 8.27. The summed E-state index contributed by atoms with van der Waals surface area (Å²) in [5.41, 5.74) is 5.05. The Bertz CT molecular complexity index is 238. The number of carboxylic acids is 1. The zero-order valence-corrected chi connectivity index (χ0v) is 8.27. The second-order valence-electron chi connectivity index (χ2n) is 3.65. The third kappa shape index (κ3) is 2.70. The average molecular weight is 200 g/mol. The van der Waals surface area contributed by atoms with Gasteiger partial charge in [0.25, 0.3) is 0 Å². The van der Waals surface area contributed by atoms with Crippen LogP contribution in [0, 0.1) is 5.92 Å². The predicted molar refractivity (Wildman–Crippen MR) is 50.6 cm³/mol. The lowest BCUT2D eigenvalue weighted by Crippen LogP contribution is -2.46. The van der Waals surface area contributed by atoms with Crippen LogP contribution >= 0.6 is 0 Å². The molecule has 0 spiro atoms. The van der Waals surface area contributed by atoms with Crippen LogP contribution in [0.1, 0.15) is 19.8 Å². The van der Waals surface area contributed by atoms with Crippen molar-refractivity contribution >= 4 is 11.9 Å². The van der Waals surface area contributed by atoms with E-state index in [2.05, 4.69) is 0 Å². The number of hydrogen-bond donors (Lipinski definition) is 2. The van der Waals surface area contributed by atoms with E-state index >= 15 is 0 Å². The number of amides is 1. The third-order valence-electron chi connectivity index (χ3n) is 2.48. The third-order valence-corrected chi connectivity index (χ3v) is 2.48. The SMILES string of the molecule is CCN(CC(N)=O)C(C(=O)O)C1CC1. The number of carboxylic acid groups (broad SMARTS) is 1. The Morgan fingerprint density at radius 2 is 2.14 bits per heavy atom. The van der Waals surface area contributed by atoms with Crippen LogP contribution in [0.5, 0.6) is 0 Å². The minimum absolute atomic E-state index is 0.0317. The van der Waals surface area contributed by atoms with Gasteiger partial charge in [-0.15, -0.1) is 0 Å². The van der Waals surface area contributed by atoms with Gasteiger partial charge in [-0.1, -0.05) is 6.92 Å². The molecule has 0 radical (unpaired) electrons. The lowest BCUT2D eigenvalue weighted by molar-refractivity contribution is -0.144. The van der Waals surface area contributed by atoms with Gasteiger partial charge in [0.2, 0.25) is 5.91 Å². The van der Waals surface area contributed by atoms with Crippen molar-refractivity contribution in [2.75, 3.05) is 13.1 Å². The molecule has 5 nitrogen and oxygen atoms in total. The van der Waals surface area contributed by atoms with Crippen LogP contribution in [0.3, 0.4) is 0 Å². The van der Waals surface area contributed by atoms with Crippen molar-refractivity contribution in [3.8, 4) is 0 Å². The van der Waals surface area contributed by atoms with Gasteiger partial charge >= 0.3 is 5.97 Å². The number of carbonyl (C=O) groups is 2. The molecule has 0 aliphatic heterocycles. The molecule has 0 aromatic rings. The highest BCUT2D eigenvalue weighted by molar-refractivity contribution is 5.78. The van der Waals surface area contributed by atoms with Crippen molar-refractivity contribution in [3.05, 3.63) is 0 Å². The van der Waals surface area contributed by atoms with Gasteiger partial charge in [-0.05, 0) is 25.3 Å². The summed E-state index contributed by atoms with van der Waals surface area (Å²) >= 11 is 0. The zero-order chi connectivity index (χ0) is 10.7. The van der Waals surface area contributed by atoms with Crippen LogP contribution in [-0.2, 0) is 9.59 Å². The largest absolute Gasteiger partial charge is 0.480 e. The van der Waals surface area contributed by atoms with Crippen molar-refractivity contribution in [1.29, 1.82) is 0 Å². The first-order valence-electron chi connectivity index (χ1n) is 4.81. The quantitative estimate of drug-likeness (QED) is 0.614. The molecule has 0 saturated heterocycles. The molecule has 80 valence electrons. The predicted octanol–water partition coefficient (Wildman–Crippen LogP) is -0.343. The minimum Gasteiger partial charge on any atom is -0.480 e. The van der Waals surface area contributed by atoms with Gasteiger partial charge in [0, 0.05) is 0 Å². The van der Waals surface area contributed by atoms with Gasteiger partial charge in [0.05, 0.1) is 6.54 Å². The maximum atomic E-state index is 11.0. The van der Waals surface area contributed by atoms with Crippen molar-refractivity contribution in [1.82, 2.24) is 4.90 Å². The molecule has 0 heterocycles. The minimum atomic E-state index is -0.851. The van der Waals surface area contributed by atoms with Gasteiger partial charge < -0.3 is 10.8 Å². The Balaban J connectivity index is 2.62. The van der Waals surface area contributed by atoms with E-state index in [1.165, 1.54) is 0 Å². The number of likely N-dealkylation sites (N-methyl/N-ethyl adjacent to an activating group) is 1. The second-order valence-corrected chi connectivity index (χ2v) is 3.65. The van der Waals surface area contributed by atoms with Crippen LogP contribution < -0.4 is 5.73 Å². The van der Waals surface area contributed by atoms with E-state index in [1.807, 2.05) is 6.92 Å². The van der Waals surface area contributed by atoms with Crippen LogP contribution in [-0.4, -0.2) is 41.0 Å². The number of carbonyl (C=O) groups excluding carboxylic acids is 1. The van der Waals surface area contributed by atoms with E-state index in [1.54, 1.807) is 4.90 Å². The van der Waals surface area contributed by atoms with Gasteiger partial charge in [-0.3, -0.25) is 14.5 Å². The summed E-state index contributed by atoms with van der Waals surface area (Å²) in [6.07, 6.45) is 1.87. The van der Waals surface area contributed by atoms with Gasteiger partial charge in [0.15, 0.2) is 0 Å². The van der Waals surface area contributed by atoms with Gasteiger partial charge in [-0.2, -0.15) is 0 Å². The molecule has 1 fully saturated rings. The van der Waals surface area contributed by atoms with Crippen LogP contribution in [0.4, 0.5) is 0 Å². The number of hydrogen-bond acceptors (Lipinski definition) is 3. The molecule has 1 aliphatic carbocycles. The standard InChI is InChI=1S/C9H16N2O3/c1-2-11(5-7(10)12)8(9(13)14)6-3-4-6/h6,8H,2-5H2,1H3,(H2,10,12)(H,13,14). The Morgan fingerprint density at radius 1 is 1.57 bits per heavy atom. The topological polar surface area (TPSA) is 83.6 Å². The fourth-order valence-corrected chi connectivity index (χ4v) is 1.67. The molecular weight excluding hydrogens is 184 g/mol. The van der Waals surface area contributed by atoms with Gasteiger partial charge in [0.1, 0.15) is 6.04 Å². The molecule has 3 N–H and O–H groups in total. The van der Waals surface area contributed by atoms with E-state index < -0.39 is 17.9 Å². The molecular formula is C9H16N2O3. The maximum Gasteiger partial charge on any atom is 0.321 e. The van der Waals surface area contributed by atoms with Crippen molar-refractivity contribution < 1.29 is 14.7 Å². The molecule has 0 aromatic heterocycles. The number of primary amides is 1. The average Bonchev–Trinajstić information content (AvgIpc) is 2.85. The second kappa shape index (κ2) is 4.41. The Hall–Kier alpha value is -1.10. The Morgan fingerprint density at radius 3 is 2.43 bits per heavy atom. The molecule has 1 aliphatic rings.